The number of hydrogen-bond donors (Lipinski definition) is 0. The standard InChI is InChI=1S/C17H20N4O2/c1-12-15(11-17-18-16(20-23-17)9-10-22-3)13(2)21(19-12)14-7-5-4-6-8-14/h4-8H,9-11H2,1-3H3. The maximum atomic E-state index is 5.34. The summed E-state index contributed by atoms with van der Waals surface area (Å²) in [5, 5.41) is 8.62. The molecule has 2 heterocycles. The van der Waals surface area contributed by atoms with Gasteiger partial charge in [-0.1, -0.05) is 23.4 Å². The van der Waals surface area contributed by atoms with Crippen molar-refractivity contribution in [2.24, 2.45) is 0 Å². The molecule has 0 bridgehead atoms. The maximum absolute atomic E-state index is 5.34. The van der Waals surface area contributed by atoms with Crippen LogP contribution in [0.15, 0.2) is 34.9 Å². The second kappa shape index (κ2) is 6.75. The number of hydrogen-bond acceptors (Lipinski definition) is 5. The fourth-order valence-corrected chi connectivity index (χ4v) is 2.56. The van der Waals surface area contributed by atoms with Crippen molar-refractivity contribution in [1.29, 1.82) is 0 Å². The van der Waals surface area contributed by atoms with Crippen LogP contribution in [0.3, 0.4) is 0 Å². The molecule has 0 N–H and O–H groups in total. The molecule has 23 heavy (non-hydrogen) atoms. The van der Waals surface area contributed by atoms with Crippen LogP contribution in [-0.2, 0) is 17.6 Å². The summed E-state index contributed by atoms with van der Waals surface area (Å²) in [4.78, 5) is 4.41. The highest BCUT2D eigenvalue weighted by Gasteiger charge is 2.16. The minimum atomic E-state index is 0.586. The molecule has 6 heteroatoms. The summed E-state index contributed by atoms with van der Waals surface area (Å²) in [6.45, 7) is 4.65. The molecule has 0 atom stereocenters. The lowest BCUT2D eigenvalue weighted by atomic mass is 10.1. The van der Waals surface area contributed by atoms with Crippen LogP contribution in [-0.4, -0.2) is 33.6 Å². The second-order valence-electron chi connectivity index (χ2n) is 5.42. The Balaban J connectivity index is 1.83. The van der Waals surface area contributed by atoms with E-state index >= 15 is 0 Å². The molecule has 0 spiro atoms. The van der Waals surface area contributed by atoms with Crippen LogP contribution in [0, 0.1) is 13.8 Å². The average Bonchev–Trinajstić information content (AvgIpc) is 3.13. The molecule has 0 saturated carbocycles. The number of aromatic nitrogens is 4. The molecule has 0 radical (unpaired) electrons. The molecule has 0 aliphatic rings. The number of rotatable bonds is 6. The van der Waals surface area contributed by atoms with Crippen molar-refractivity contribution < 1.29 is 9.26 Å². The maximum Gasteiger partial charge on any atom is 0.231 e. The van der Waals surface area contributed by atoms with Crippen LogP contribution in [0.4, 0.5) is 0 Å². The van der Waals surface area contributed by atoms with E-state index in [0.717, 1.165) is 22.6 Å². The lowest BCUT2D eigenvalue weighted by Crippen LogP contribution is -2.00. The van der Waals surface area contributed by atoms with Crippen molar-refractivity contribution >= 4 is 0 Å². The number of ether oxygens (including phenoxy) is 1. The number of nitrogens with zero attached hydrogens (tertiary/aromatic N) is 4. The first-order valence-electron chi connectivity index (χ1n) is 7.60. The molecule has 6 nitrogen and oxygen atoms in total. The van der Waals surface area contributed by atoms with Crippen LogP contribution >= 0.6 is 0 Å². The lowest BCUT2D eigenvalue weighted by Gasteiger charge is -2.04. The predicted molar refractivity (Wildman–Crippen MR) is 85.7 cm³/mol. The van der Waals surface area contributed by atoms with E-state index in [1.165, 1.54) is 0 Å². The molecule has 1 aromatic carbocycles. The normalized spacial score (nSPS) is 11.1. The molecule has 0 unspecified atom stereocenters. The van der Waals surface area contributed by atoms with Gasteiger partial charge in [0.15, 0.2) is 5.82 Å². The Morgan fingerprint density at radius 3 is 2.70 bits per heavy atom. The topological polar surface area (TPSA) is 66.0 Å². The van der Waals surface area contributed by atoms with Gasteiger partial charge in [0.05, 0.1) is 24.4 Å². The van der Waals surface area contributed by atoms with Gasteiger partial charge in [0.25, 0.3) is 0 Å². The minimum Gasteiger partial charge on any atom is -0.384 e. The first-order chi connectivity index (χ1) is 11.2. The zero-order chi connectivity index (χ0) is 16.2. The van der Waals surface area contributed by atoms with Crippen molar-refractivity contribution in [3.63, 3.8) is 0 Å². The van der Waals surface area contributed by atoms with Crippen LogP contribution < -0.4 is 0 Å². The Morgan fingerprint density at radius 1 is 1.17 bits per heavy atom. The predicted octanol–water partition coefficient (Wildman–Crippen LogP) is 2.65. The van der Waals surface area contributed by atoms with Crippen molar-refractivity contribution in [3.05, 3.63) is 59.0 Å². The van der Waals surface area contributed by atoms with Gasteiger partial charge >= 0.3 is 0 Å². The minimum absolute atomic E-state index is 0.586. The molecule has 0 amide bonds. The van der Waals surface area contributed by atoms with Gasteiger partial charge in [0.2, 0.25) is 5.89 Å². The fraction of sp³-hybridized carbons (Fsp3) is 0.353. The summed E-state index contributed by atoms with van der Waals surface area (Å²) in [6.07, 6.45) is 1.24. The Bertz CT molecular complexity index is 777. The van der Waals surface area contributed by atoms with E-state index in [4.69, 9.17) is 9.26 Å². The molecule has 0 aliphatic carbocycles. The van der Waals surface area contributed by atoms with Crippen molar-refractivity contribution in [3.8, 4) is 5.69 Å². The zero-order valence-corrected chi connectivity index (χ0v) is 13.6. The highest BCUT2D eigenvalue weighted by atomic mass is 16.5. The van der Waals surface area contributed by atoms with E-state index in [-0.39, 0.29) is 0 Å². The highest BCUT2D eigenvalue weighted by Crippen LogP contribution is 2.20. The Hall–Kier alpha value is -2.47. The average molecular weight is 312 g/mol. The summed E-state index contributed by atoms with van der Waals surface area (Å²) in [5.74, 6) is 1.28. The lowest BCUT2D eigenvalue weighted by molar-refractivity contribution is 0.199. The molecular weight excluding hydrogens is 292 g/mol. The molecular formula is C17H20N4O2. The van der Waals surface area contributed by atoms with E-state index in [1.807, 2.05) is 41.9 Å². The molecule has 0 aliphatic heterocycles. The largest absolute Gasteiger partial charge is 0.384 e. The van der Waals surface area contributed by atoms with Gasteiger partial charge in [-0.3, -0.25) is 0 Å². The summed E-state index contributed by atoms with van der Waals surface area (Å²) in [7, 11) is 1.66. The van der Waals surface area contributed by atoms with Gasteiger partial charge in [0, 0.05) is 24.8 Å². The van der Waals surface area contributed by atoms with Gasteiger partial charge in [-0.05, 0) is 26.0 Å². The summed E-state index contributed by atoms with van der Waals surface area (Å²) in [5.41, 5.74) is 4.23. The highest BCUT2D eigenvalue weighted by molar-refractivity contribution is 5.37. The molecule has 3 rings (SSSR count). The molecule has 2 aromatic heterocycles. The SMILES string of the molecule is COCCc1noc(Cc2c(C)nn(-c3ccccc3)c2C)n1. The van der Waals surface area contributed by atoms with Crippen molar-refractivity contribution in [2.75, 3.05) is 13.7 Å². The number of methoxy groups -OCH3 is 1. The van der Waals surface area contributed by atoms with E-state index in [0.29, 0.717) is 31.2 Å². The van der Waals surface area contributed by atoms with Gasteiger partial charge in [-0.2, -0.15) is 10.1 Å². The van der Waals surface area contributed by atoms with E-state index in [9.17, 15) is 0 Å². The van der Waals surface area contributed by atoms with E-state index < -0.39 is 0 Å². The Kier molecular flexibility index (Phi) is 4.52. The first-order valence-corrected chi connectivity index (χ1v) is 7.60. The fourth-order valence-electron chi connectivity index (χ4n) is 2.56. The monoisotopic (exact) mass is 312 g/mol. The quantitative estimate of drug-likeness (QED) is 0.700. The molecule has 0 saturated heterocycles. The van der Waals surface area contributed by atoms with Crippen molar-refractivity contribution in [1.82, 2.24) is 19.9 Å². The van der Waals surface area contributed by atoms with Crippen LogP contribution in [0.25, 0.3) is 5.69 Å². The van der Waals surface area contributed by atoms with Gasteiger partial charge < -0.3 is 9.26 Å². The Labute approximate surface area is 135 Å². The summed E-state index contributed by atoms with van der Waals surface area (Å²) >= 11 is 0. The van der Waals surface area contributed by atoms with E-state index in [1.54, 1.807) is 7.11 Å². The van der Waals surface area contributed by atoms with Gasteiger partial charge in [-0.25, -0.2) is 4.68 Å². The molecule has 0 fully saturated rings. The smallest absolute Gasteiger partial charge is 0.231 e. The molecule has 3 aromatic rings. The zero-order valence-electron chi connectivity index (χ0n) is 13.6. The van der Waals surface area contributed by atoms with Gasteiger partial charge in [-0.15, -0.1) is 0 Å². The third-order valence-corrected chi connectivity index (χ3v) is 3.81. The summed E-state index contributed by atoms with van der Waals surface area (Å²) < 4.78 is 12.3. The summed E-state index contributed by atoms with van der Waals surface area (Å²) in [6, 6.07) is 10.1. The number of benzene rings is 1. The van der Waals surface area contributed by atoms with Crippen LogP contribution in [0.2, 0.25) is 0 Å². The third kappa shape index (κ3) is 3.32. The number of para-hydroxylation sites is 1. The van der Waals surface area contributed by atoms with Crippen LogP contribution in [0.1, 0.15) is 28.7 Å². The van der Waals surface area contributed by atoms with Gasteiger partial charge in [0.1, 0.15) is 0 Å². The van der Waals surface area contributed by atoms with Crippen molar-refractivity contribution in [2.45, 2.75) is 26.7 Å². The number of aryl methyl sites for hydroxylation is 1. The first kappa shape index (κ1) is 15.4. The second-order valence-corrected chi connectivity index (χ2v) is 5.42. The third-order valence-electron chi connectivity index (χ3n) is 3.81. The Morgan fingerprint density at radius 2 is 1.96 bits per heavy atom. The molecule has 120 valence electrons. The van der Waals surface area contributed by atoms with E-state index in [2.05, 4.69) is 22.2 Å². The van der Waals surface area contributed by atoms with Crippen LogP contribution in [0.5, 0.6) is 0 Å².